The molecule has 104 valence electrons. The second kappa shape index (κ2) is 5.62. The monoisotopic (exact) mass is 278 g/mol. The van der Waals surface area contributed by atoms with E-state index in [-0.39, 0.29) is 22.8 Å². The summed E-state index contributed by atoms with van der Waals surface area (Å²) in [5.74, 6) is 3.48. The number of carbonyl (C=O) groups excluding carboxylic acids is 1. The van der Waals surface area contributed by atoms with Gasteiger partial charge in [-0.1, -0.05) is 6.07 Å². The highest BCUT2D eigenvalue weighted by Gasteiger charge is 2.13. The molecule has 0 aliphatic rings. The van der Waals surface area contributed by atoms with Crippen molar-refractivity contribution in [2.45, 2.75) is 6.92 Å². The van der Waals surface area contributed by atoms with Crippen LogP contribution in [0.5, 0.6) is 0 Å². The van der Waals surface area contributed by atoms with Gasteiger partial charge in [0.2, 0.25) is 0 Å². The third-order valence-electron chi connectivity index (χ3n) is 2.63. The Hall–Kier alpha value is -2.54. The van der Waals surface area contributed by atoms with Gasteiger partial charge in [0.05, 0.1) is 5.69 Å². The molecule has 0 radical (unpaired) electrons. The minimum Gasteiger partial charge on any atom is -0.318 e. The average molecular weight is 278 g/mol. The normalized spacial score (nSPS) is 10.2. The second-order valence-corrected chi connectivity index (χ2v) is 4.09. The van der Waals surface area contributed by atoms with Gasteiger partial charge >= 0.3 is 0 Å². The van der Waals surface area contributed by atoms with Crippen LogP contribution in [0, 0.1) is 18.6 Å². The van der Waals surface area contributed by atoms with E-state index in [4.69, 9.17) is 5.84 Å². The molecule has 1 aromatic carbocycles. The number of aryl methyl sites for hydroxylation is 1. The average Bonchev–Trinajstić information content (AvgIpc) is 2.44. The lowest BCUT2D eigenvalue weighted by atomic mass is 10.2. The summed E-state index contributed by atoms with van der Waals surface area (Å²) in [6, 6.07) is 6.48. The van der Waals surface area contributed by atoms with E-state index in [1.807, 2.05) is 0 Å². The number of nitrogens with zero attached hydrogens (tertiary/aromatic N) is 1. The molecule has 0 spiro atoms. The van der Waals surface area contributed by atoms with Crippen LogP contribution in [0.3, 0.4) is 0 Å². The second-order valence-electron chi connectivity index (χ2n) is 4.09. The molecular weight excluding hydrogens is 266 g/mol. The van der Waals surface area contributed by atoms with Crippen molar-refractivity contribution in [1.82, 2.24) is 4.98 Å². The molecule has 0 saturated heterocycles. The van der Waals surface area contributed by atoms with Gasteiger partial charge in [0.1, 0.15) is 23.1 Å². The molecule has 4 N–H and O–H groups in total. The summed E-state index contributed by atoms with van der Waals surface area (Å²) in [5.41, 5.74) is 2.23. The van der Waals surface area contributed by atoms with E-state index in [0.29, 0.717) is 0 Å². The number of rotatable bonds is 3. The van der Waals surface area contributed by atoms with Crippen LogP contribution in [0.1, 0.15) is 16.1 Å². The van der Waals surface area contributed by atoms with Crippen molar-refractivity contribution < 1.29 is 13.6 Å². The number of amides is 1. The van der Waals surface area contributed by atoms with Crippen LogP contribution < -0.4 is 16.6 Å². The number of aromatic nitrogens is 1. The van der Waals surface area contributed by atoms with E-state index in [2.05, 4.69) is 15.7 Å². The van der Waals surface area contributed by atoms with Gasteiger partial charge in [-0.15, -0.1) is 0 Å². The lowest BCUT2D eigenvalue weighted by Gasteiger charge is -2.08. The van der Waals surface area contributed by atoms with Crippen LogP contribution in [-0.4, -0.2) is 10.9 Å². The number of hydrazine groups is 1. The molecule has 20 heavy (non-hydrogen) atoms. The minimum atomic E-state index is -0.717. The number of anilines is 2. The third-order valence-corrected chi connectivity index (χ3v) is 2.63. The Kier molecular flexibility index (Phi) is 3.90. The lowest BCUT2D eigenvalue weighted by Crippen LogP contribution is -2.17. The van der Waals surface area contributed by atoms with Gasteiger partial charge in [-0.2, -0.15) is 0 Å². The molecule has 0 aliphatic heterocycles. The predicted molar refractivity (Wildman–Crippen MR) is 71.1 cm³/mol. The molecule has 1 aromatic heterocycles. The van der Waals surface area contributed by atoms with Crippen LogP contribution in [0.4, 0.5) is 20.3 Å². The van der Waals surface area contributed by atoms with Gasteiger partial charge in [0.15, 0.2) is 0 Å². The van der Waals surface area contributed by atoms with Crippen LogP contribution >= 0.6 is 0 Å². The van der Waals surface area contributed by atoms with Crippen molar-refractivity contribution in [3.63, 3.8) is 0 Å². The van der Waals surface area contributed by atoms with Gasteiger partial charge in [-0.3, -0.25) is 4.79 Å². The van der Waals surface area contributed by atoms with Crippen molar-refractivity contribution >= 4 is 17.4 Å². The highest BCUT2D eigenvalue weighted by molar-refractivity contribution is 6.03. The first kappa shape index (κ1) is 13.9. The van der Waals surface area contributed by atoms with E-state index >= 15 is 0 Å². The highest BCUT2D eigenvalue weighted by atomic mass is 19.1. The van der Waals surface area contributed by atoms with Gasteiger partial charge in [0.25, 0.3) is 5.91 Å². The summed E-state index contributed by atoms with van der Waals surface area (Å²) in [5, 5.41) is 2.26. The summed E-state index contributed by atoms with van der Waals surface area (Å²) in [6.07, 6.45) is 0. The fourth-order valence-electron chi connectivity index (χ4n) is 1.57. The maximum Gasteiger partial charge on any atom is 0.274 e. The lowest BCUT2D eigenvalue weighted by molar-refractivity contribution is 0.102. The van der Waals surface area contributed by atoms with Gasteiger partial charge in [-0.25, -0.2) is 19.6 Å². The quantitative estimate of drug-likeness (QED) is 0.594. The van der Waals surface area contributed by atoms with Gasteiger partial charge in [0, 0.05) is 6.07 Å². The Morgan fingerprint density at radius 2 is 2.00 bits per heavy atom. The largest absolute Gasteiger partial charge is 0.318 e. The van der Waals surface area contributed by atoms with Crippen molar-refractivity contribution in [2.75, 3.05) is 10.7 Å². The molecule has 0 aliphatic carbocycles. The molecule has 7 heteroatoms. The summed E-state index contributed by atoms with van der Waals surface area (Å²) in [7, 11) is 0. The molecule has 0 atom stereocenters. The van der Waals surface area contributed by atoms with Crippen LogP contribution in [0.25, 0.3) is 0 Å². The number of nitrogen functional groups attached to an aromatic ring is 1. The highest BCUT2D eigenvalue weighted by Crippen LogP contribution is 2.19. The van der Waals surface area contributed by atoms with Crippen molar-refractivity contribution in [3.05, 3.63) is 53.2 Å². The smallest absolute Gasteiger partial charge is 0.274 e. The first-order valence-corrected chi connectivity index (χ1v) is 5.72. The number of benzene rings is 1. The zero-order valence-electron chi connectivity index (χ0n) is 10.6. The molecule has 0 saturated carbocycles. The Labute approximate surface area is 113 Å². The van der Waals surface area contributed by atoms with E-state index < -0.39 is 17.5 Å². The molecule has 0 fully saturated rings. The Morgan fingerprint density at radius 3 is 2.70 bits per heavy atom. The molecule has 2 rings (SSSR count). The molecule has 1 amide bonds. The van der Waals surface area contributed by atoms with Crippen molar-refractivity contribution in [2.24, 2.45) is 5.84 Å². The number of hydrogen-bond acceptors (Lipinski definition) is 4. The first-order chi connectivity index (χ1) is 9.51. The fraction of sp³-hybridized carbons (Fsp3) is 0.0769. The zero-order valence-corrected chi connectivity index (χ0v) is 10.6. The van der Waals surface area contributed by atoms with E-state index in [9.17, 15) is 13.6 Å². The van der Waals surface area contributed by atoms with E-state index in [0.717, 1.165) is 12.1 Å². The van der Waals surface area contributed by atoms with Crippen molar-refractivity contribution in [3.8, 4) is 0 Å². The van der Waals surface area contributed by atoms with Crippen molar-refractivity contribution in [1.29, 1.82) is 0 Å². The topological polar surface area (TPSA) is 80.0 Å². The third kappa shape index (κ3) is 2.89. The predicted octanol–water partition coefficient (Wildman–Crippen LogP) is 2.21. The zero-order chi connectivity index (χ0) is 14.7. The number of pyridine rings is 1. The number of nitrogens with one attached hydrogen (secondary N) is 2. The van der Waals surface area contributed by atoms with E-state index in [1.54, 1.807) is 12.1 Å². The standard InChI is InChI=1S/C13H12F2N4O/c1-7-5-9(15)11(6-8(7)14)18-13(20)10-3-2-4-12(17-10)19-16/h2-6H,16H2,1H3,(H,17,19)(H,18,20). The maximum atomic E-state index is 13.6. The van der Waals surface area contributed by atoms with E-state index in [1.165, 1.54) is 13.0 Å². The molecular formula is C13H12F2N4O. The molecule has 0 bridgehead atoms. The van der Waals surface area contributed by atoms with Crippen LogP contribution in [0.2, 0.25) is 0 Å². The number of carbonyl (C=O) groups is 1. The molecule has 0 unspecified atom stereocenters. The summed E-state index contributed by atoms with van der Waals surface area (Å²) >= 11 is 0. The number of hydrogen-bond donors (Lipinski definition) is 3. The summed E-state index contributed by atoms with van der Waals surface area (Å²) in [4.78, 5) is 15.8. The fourth-order valence-corrected chi connectivity index (χ4v) is 1.57. The molecule has 1 heterocycles. The minimum absolute atomic E-state index is 0.0285. The number of nitrogens with two attached hydrogens (primary N) is 1. The Balaban J connectivity index is 2.25. The first-order valence-electron chi connectivity index (χ1n) is 5.72. The van der Waals surface area contributed by atoms with Crippen LogP contribution in [0.15, 0.2) is 30.3 Å². The summed E-state index contributed by atoms with van der Waals surface area (Å²) in [6.45, 7) is 1.43. The Bertz CT molecular complexity index is 661. The number of halogens is 2. The Morgan fingerprint density at radius 1 is 1.25 bits per heavy atom. The van der Waals surface area contributed by atoms with Crippen LogP contribution in [-0.2, 0) is 0 Å². The van der Waals surface area contributed by atoms with Gasteiger partial charge < -0.3 is 10.7 Å². The maximum absolute atomic E-state index is 13.6. The summed E-state index contributed by atoms with van der Waals surface area (Å²) < 4.78 is 27.0. The SMILES string of the molecule is Cc1cc(F)c(NC(=O)c2cccc(NN)n2)cc1F. The van der Waals surface area contributed by atoms with Gasteiger partial charge in [-0.05, 0) is 30.7 Å². The molecule has 2 aromatic rings. The molecule has 5 nitrogen and oxygen atoms in total.